The van der Waals surface area contributed by atoms with E-state index in [2.05, 4.69) is 5.32 Å². The maximum Gasteiger partial charge on any atom is 0.416 e. The second-order valence-corrected chi connectivity index (χ2v) is 9.44. The van der Waals surface area contributed by atoms with Gasteiger partial charge in [-0.05, 0) is 49.7 Å². The molecule has 0 unspecified atom stereocenters. The molecule has 2 aromatic carbocycles. The number of rotatable bonds is 4. The molecule has 11 heteroatoms. The number of amides is 2. The van der Waals surface area contributed by atoms with Crippen LogP contribution in [-0.4, -0.2) is 26.5 Å². The van der Waals surface area contributed by atoms with Gasteiger partial charge in [0.25, 0.3) is 0 Å². The SMILES string of the molecule is CC(=O)C1=C(C)N(c2cccc(C(F)(F)F)c2)C(=O)N[C@@H]1c1ccc(C#N)cc1S(C)(=O)=O. The number of carbonyl (C=O) groups excluding carboxylic acids is 2. The zero-order chi connectivity index (χ0) is 24.7. The summed E-state index contributed by atoms with van der Waals surface area (Å²) in [5, 5.41) is 11.7. The van der Waals surface area contributed by atoms with E-state index in [1.165, 1.54) is 32.0 Å². The van der Waals surface area contributed by atoms with Crippen molar-refractivity contribution >= 4 is 27.3 Å². The number of nitriles is 1. The van der Waals surface area contributed by atoms with Crippen molar-refractivity contribution in [2.75, 3.05) is 11.2 Å². The Labute approximate surface area is 188 Å². The summed E-state index contributed by atoms with van der Waals surface area (Å²) in [5.41, 5.74) is -0.894. The fraction of sp³-hybridized carbons (Fsp3) is 0.227. The van der Waals surface area contributed by atoms with Crippen molar-refractivity contribution in [3.05, 3.63) is 70.4 Å². The summed E-state index contributed by atoms with van der Waals surface area (Å²) in [6.45, 7) is 2.60. The summed E-state index contributed by atoms with van der Waals surface area (Å²) in [6, 6.07) is 7.70. The number of anilines is 1. The molecule has 7 nitrogen and oxygen atoms in total. The normalized spacial score (nSPS) is 16.9. The number of urea groups is 1. The first kappa shape index (κ1) is 24.0. The third kappa shape index (κ3) is 4.61. The molecule has 0 radical (unpaired) electrons. The Kier molecular flexibility index (Phi) is 6.08. The van der Waals surface area contributed by atoms with Crippen molar-refractivity contribution in [2.45, 2.75) is 31.0 Å². The molecule has 0 aliphatic carbocycles. The lowest BCUT2D eigenvalue weighted by Crippen LogP contribution is -2.48. The molecule has 0 bridgehead atoms. The average Bonchev–Trinajstić information content (AvgIpc) is 2.71. The number of sulfone groups is 1. The molecule has 1 atom stereocenters. The van der Waals surface area contributed by atoms with E-state index in [-0.39, 0.29) is 33.0 Å². The van der Waals surface area contributed by atoms with Gasteiger partial charge < -0.3 is 5.32 Å². The van der Waals surface area contributed by atoms with Crippen LogP contribution >= 0.6 is 0 Å². The lowest BCUT2D eigenvalue weighted by atomic mass is 9.91. The van der Waals surface area contributed by atoms with E-state index < -0.39 is 39.4 Å². The lowest BCUT2D eigenvalue weighted by molar-refractivity contribution is -0.137. The Morgan fingerprint density at radius 3 is 2.39 bits per heavy atom. The van der Waals surface area contributed by atoms with Gasteiger partial charge in [-0.15, -0.1) is 0 Å². The minimum absolute atomic E-state index is 0.00150. The van der Waals surface area contributed by atoms with Gasteiger partial charge in [-0.2, -0.15) is 18.4 Å². The first-order valence-electron chi connectivity index (χ1n) is 9.49. The summed E-state index contributed by atoms with van der Waals surface area (Å²) in [4.78, 5) is 26.2. The van der Waals surface area contributed by atoms with Crippen molar-refractivity contribution in [1.29, 1.82) is 5.26 Å². The van der Waals surface area contributed by atoms with Gasteiger partial charge in [0.1, 0.15) is 0 Å². The quantitative estimate of drug-likeness (QED) is 0.713. The summed E-state index contributed by atoms with van der Waals surface area (Å²) >= 11 is 0. The van der Waals surface area contributed by atoms with Gasteiger partial charge in [0, 0.05) is 17.5 Å². The van der Waals surface area contributed by atoms with Crippen LogP contribution in [0.1, 0.15) is 36.6 Å². The Morgan fingerprint density at radius 2 is 1.85 bits per heavy atom. The van der Waals surface area contributed by atoms with Gasteiger partial charge in [0.2, 0.25) is 0 Å². The van der Waals surface area contributed by atoms with Crippen LogP contribution < -0.4 is 10.2 Å². The van der Waals surface area contributed by atoms with Gasteiger partial charge in [0.05, 0.1) is 33.8 Å². The molecule has 0 fully saturated rings. The summed E-state index contributed by atoms with van der Waals surface area (Å²) < 4.78 is 64.3. The first-order valence-corrected chi connectivity index (χ1v) is 11.4. The number of Topliss-reactive ketones (excluding diaryl/α,β-unsaturated/α-hetero) is 1. The van der Waals surface area contributed by atoms with Crippen molar-refractivity contribution in [1.82, 2.24) is 5.32 Å². The van der Waals surface area contributed by atoms with Gasteiger partial charge >= 0.3 is 12.2 Å². The third-order valence-corrected chi connectivity index (χ3v) is 6.30. The topological polar surface area (TPSA) is 107 Å². The van der Waals surface area contributed by atoms with Gasteiger partial charge in [0.15, 0.2) is 15.6 Å². The highest BCUT2D eigenvalue weighted by molar-refractivity contribution is 7.90. The van der Waals surface area contributed by atoms with Crippen LogP contribution in [0.25, 0.3) is 0 Å². The molecule has 3 rings (SSSR count). The van der Waals surface area contributed by atoms with Crippen LogP contribution in [0.5, 0.6) is 0 Å². The lowest BCUT2D eigenvalue weighted by Gasteiger charge is -2.36. The molecule has 0 spiro atoms. The standard InChI is InChI=1S/C22H18F3N3O4S/c1-12-19(13(2)29)20(17-8-7-14(11-26)9-18(17)33(3,31)32)27-21(30)28(12)16-6-4-5-15(10-16)22(23,24)25/h4-10,20H,1-3H3,(H,27,30)/t20-/m1/s1. The first-order chi connectivity index (χ1) is 15.3. The Balaban J connectivity index is 2.23. The second-order valence-electron chi connectivity index (χ2n) is 7.46. The predicted molar refractivity (Wildman–Crippen MR) is 113 cm³/mol. The number of ketones is 1. The van der Waals surface area contributed by atoms with Crippen LogP contribution in [0, 0.1) is 11.3 Å². The zero-order valence-corrected chi connectivity index (χ0v) is 18.5. The van der Waals surface area contributed by atoms with E-state index in [1.807, 2.05) is 6.07 Å². The number of benzene rings is 2. The van der Waals surface area contributed by atoms with Crippen molar-refractivity contribution in [3.63, 3.8) is 0 Å². The highest BCUT2D eigenvalue weighted by atomic mass is 32.2. The van der Waals surface area contributed by atoms with Crippen LogP contribution in [0.3, 0.4) is 0 Å². The van der Waals surface area contributed by atoms with E-state index in [1.54, 1.807) is 0 Å². The van der Waals surface area contributed by atoms with E-state index in [0.717, 1.165) is 35.4 Å². The van der Waals surface area contributed by atoms with E-state index in [4.69, 9.17) is 5.26 Å². The number of nitrogens with one attached hydrogen (secondary N) is 1. The summed E-state index contributed by atoms with van der Waals surface area (Å²) in [7, 11) is -3.86. The highest BCUT2D eigenvalue weighted by Crippen LogP contribution is 2.38. The Morgan fingerprint density at radius 1 is 1.18 bits per heavy atom. The third-order valence-electron chi connectivity index (χ3n) is 5.15. The second kappa shape index (κ2) is 8.37. The summed E-state index contributed by atoms with van der Waals surface area (Å²) in [6.07, 6.45) is -3.71. The molecule has 2 amide bonds. The van der Waals surface area contributed by atoms with Crippen molar-refractivity contribution in [2.24, 2.45) is 0 Å². The van der Waals surface area contributed by atoms with Crippen LogP contribution in [0.15, 0.2) is 58.6 Å². The Bertz CT molecular complexity index is 1340. The van der Waals surface area contributed by atoms with Crippen molar-refractivity contribution < 1.29 is 31.2 Å². The van der Waals surface area contributed by atoms with Gasteiger partial charge in [-0.1, -0.05) is 12.1 Å². The number of nitrogens with zero attached hydrogens (tertiary/aromatic N) is 2. The molecule has 2 aromatic rings. The fourth-order valence-electron chi connectivity index (χ4n) is 3.73. The predicted octanol–water partition coefficient (Wildman–Crippen LogP) is 4.11. The van der Waals surface area contributed by atoms with E-state index >= 15 is 0 Å². The molecule has 1 N–H and O–H groups in total. The molecular weight excluding hydrogens is 459 g/mol. The minimum Gasteiger partial charge on any atom is -0.326 e. The molecule has 0 aromatic heterocycles. The molecule has 0 saturated carbocycles. The largest absolute Gasteiger partial charge is 0.416 e. The number of halogens is 3. The number of hydrogen-bond acceptors (Lipinski definition) is 5. The highest BCUT2D eigenvalue weighted by Gasteiger charge is 2.38. The fourth-order valence-corrected chi connectivity index (χ4v) is 4.68. The number of allylic oxidation sites excluding steroid dienone is 1. The molecule has 1 aliphatic rings. The average molecular weight is 477 g/mol. The van der Waals surface area contributed by atoms with Gasteiger partial charge in [-0.25, -0.2) is 13.2 Å². The molecule has 1 aliphatic heterocycles. The van der Waals surface area contributed by atoms with E-state index in [9.17, 15) is 31.2 Å². The van der Waals surface area contributed by atoms with Crippen LogP contribution in [0.4, 0.5) is 23.7 Å². The van der Waals surface area contributed by atoms with Crippen molar-refractivity contribution in [3.8, 4) is 6.07 Å². The maximum absolute atomic E-state index is 13.2. The summed E-state index contributed by atoms with van der Waals surface area (Å²) in [5.74, 6) is -0.515. The molecule has 33 heavy (non-hydrogen) atoms. The number of alkyl halides is 3. The smallest absolute Gasteiger partial charge is 0.326 e. The van der Waals surface area contributed by atoms with Crippen LogP contribution in [-0.2, 0) is 20.8 Å². The minimum atomic E-state index is -4.64. The molecule has 0 saturated heterocycles. The van der Waals surface area contributed by atoms with E-state index in [0.29, 0.717) is 0 Å². The molecule has 1 heterocycles. The monoisotopic (exact) mass is 477 g/mol. The molecular formula is C22H18F3N3O4S. The Hall–Kier alpha value is -3.65. The maximum atomic E-state index is 13.2. The molecule has 172 valence electrons. The van der Waals surface area contributed by atoms with Crippen LogP contribution in [0.2, 0.25) is 0 Å². The number of hydrogen-bond donors (Lipinski definition) is 1. The van der Waals surface area contributed by atoms with Gasteiger partial charge in [-0.3, -0.25) is 9.69 Å². The zero-order valence-electron chi connectivity index (χ0n) is 17.7. The number of carbonyl (C=O) groups is 2.